The number of rotatable bonds is 5. The van der Waals surface area contributed by atoms with Crippen molar-refractivity contribution in [1.82, 2.24) is 14.9 Å². The van der Waals surface area contributed by atoms with Crippen molar-refractivity contribution in [2.24, 2.45) is 4.99 Å². The molecule has 7 nitrogen and oxygen atoms in total. The number of fused-ring (bicyclic) bond motifs is 1. The van der Waals surface area contributed by atoms with E-state index >= 15 is 4.39 Å². The zero-order valence-corrected chi connectivity index (χ0v) is 20.2. The van der Waals surface area contributed by atoms with Crippen LogP contribution in [-0.2, 0) is 4.79 Å². The van der Waals surface area contributed by atoms with Gasteiger partial charge in [0.2, 0.25) is 5.91 Å². The van der Waals surface area contributed by atoms with E-state index in [2.05, 4.69) is 21.5 Å². The van der Waals surface area contributed by atoms with Crippen LogP contribution < -0.4 is 9.64 Å². The van der Waals surface area contributed by atoms with Crippen molar-refractivity contribution in [2.45, 2.75) is 20.8 Å². The Hall–Kier alpha value is -3.88. The molecule has 4 rings (SSSR count). The van der Waals surface area contributed by atoms with Crippen LogP contribution in [0.3, 0.4) is 0 Å². The molecule has 182 valence electrons. The fourth-order valence-corrected chi connectivity index (χ4v) is 4.42. The first-order chi connectivity index (χ1) is 16.8. The topological polar surface area (TPSA) is 70.9 Å². The lowest BCUT2D eigenvalue weighted by molar-refractivity contribution is -0.126. The van der Waals surface area contributed by atoms with Gasteiger partial charge in [0.1, 0.15) is 17.2 Å². The van der Waals surface area contributed by atoms with Crippen LogP contribution in [0, 0.1) is 25.5 Å². The number of amides is 1. The number of benzene rings is 2. The molecule has 1 aliphatic heterocycles. The molecule has 35 heavy (non-hydrogen) atoms. The molecule has 0 atom stereocenters. The Morgan fingerprint density at radius 2 is 1.89 bits per heavy atom. The average molecular weight is 480 g/mol. The first-order valence-corrected chi connectivity index (χ1v) is 11.3. The van der Waals surface area contributed by atoms with E-state index < -0.39 is 11.6 Å². The highest BCUT2D eigenvalue weighted by atomic mass is 19.1. The van der Waals surface area contributed by atoms with E-state index in [1.165, 1.54) is 25.3 Å². The minimum atomic E-state index is -0.555. The SMILES string of the molecule is C=CC(=O)N1CCN(c2nc(OC)nc3c(F)c(-c4ccc(F)c(C)c4/N=C\C)c(C)cc23)CC1. The summed E-state index contributed by atoms with van der Waals surface area (Å²) in [5.41, 5.74) is 2.24. The summed E-state index contributed by atoms with van der Waals surface area (Å²) in [5, 5.41) is 0.535. The van der Waals surface area contributed by atoms with Crippen molar-refractivity contribution in [3.05, 3.63) is 53.6 Å². The molecule has 1 aliphatic rings. The van der Waals surface area contributed by atoms with Gasteiger partial charge in [0.25, 0.3) is 0 Å². The van der Waals surface area contributed by atoms with E-state index in [-0.39, 0.29) is 17.4 Å². The fraction of sp³-hybridized carbons (Fsp3) is 0.308. The fourth-order valence-electron chi connectivity index (χ4n) is 4.42. The van der Waals surface area contributed by atoms with Gasteiger partial charge < -0.3 is 14.5 Å². The highest BCUT2D eigenvalue weighted by molar-refractivity contribution is 5.97. The first-order valence-electron chi connectivity index (χ1n) is 11.3. The second-order valence-electron chi connectivity index (χ2n) is 8.28. The molecule has 2 aromatic carbocycles. The summed E-state index contributed by atoms with van der Waals surface area (Å²) < 4.78 is 35.7. The molecular formula is C26H27F2N5O2. The van der Waals surface area contributed by atoms with Gasteiger partial charge in [0.15, 0.2) is 5.82 Å². The molecule has 0 N–H and O–H groups in total. The number of aliphatic imine (C=N–C) groups is 1. The Balaban J connectivity index is 1.89. The number of carbonyl (C=O) groups is 1. The van der Waals surface area contributed by atoms with Crippen LogP contribution in [-0.4, -0.2) is 60.3 Å². The van der Waals surface area contributed by atoms with Gasteiger partial charge in [-0.1, -0.05) is 6.58 Å². The molecule has 0 saturated carbocycles. The molecule has 1 fully saturated rings. The van der Waals surface area contributed by atoms with Crippen LogP contribution in [0.2, 0.25) is 0 Å². The molecule has 0 spiro atoms. The second kappa shape index (κ2) is 9.77. The van der Waals surface area contributed by atoms with Gasteiger partial charge >= 0.3 is 6.01 Å². The summed E-state index contributed by atoms with van der Waals surface area (Å²) in [6.07, 6.45) is 2.85. The summed E-state index contributed by atoms with van der Waals surface area (Å²) in [6, 6.07) is 4.73. The maximum atomic E-state index is 16.2. The number of hydrogen-bond acceptors (Lipinski definition) is 6. The number of piperazine rings is 1. The van der Waals surface area contributed by atoms with Crippen molar-refractivity contribution in [1.29, 1.82) is 0 Å². The first kappa shape index (κ1) is 24.3. The monoisotopic (exact) mass is 479 g/mol. The van der Waals surface area contributed by atoms with E-state index in [9.17, 15) is 9.18 Å². The molecule has 0 unspecified atom stereocenters. The normalized spacial score (nSPS) is 14.1. The molecule has 3 aromatic rings. The summed E-state index contributed by atoms with van der Waals surface area (Å²) in [7, 11) is 1.43. The summed E-state index contributed by atoms with van der Waals surface area (Å²) in [6.45, 7) is 10.7. The lowest BCUT2D eigenvalue weighted by atomic mass is 9.94. The number of halogens is 2. The highest BCUT2D eigenvalue weighted by Gasteiger charge is 2.26. The number of nitrogens with zero attached hydrogens (tertiary/aromatic N) is 5. The van der Waals surface area contributed by atoms with Gasteiger partial charge in [0.05, 0.1) is 12.8 Å². The number of aromatic nitrogens is 2. The zero-order valence-electron chi connectivity index (χ0n) is 20.2. The standard InChI is InChI=1S/C26H27F2N5O2/c1-6-20(34)32-10-12-33(13-11-32)25-18-14-15(3)21(22(28)24(18)30-26(31-25)35-5)17-8-9-19(27)16(4)23(17)29-7-2/h6-9,14H,1,10-13H2,2-5H3/b29-7-. The van der Waals surface area contributed by atoms with Crippen molar-refractivity contribution < 1.29 is 18.3 Å². The third kappa shape index (κ3) is 4.34. The van der Waals surface area contributed by atoms with E-state index in [1.54, 1.807) is 31.9 Å². The van der Waals surface area contributed by atoms with E-state index in [0.717, 1.165) is 0 Å². The number of ether oxygens (including phenoxy) is 1. The molecule has 0 bridgehead atoms. The predicted octanol–water partition coefficient (Wildman–Crippen LogP) is 4.76. The molecule has 9 heteroatoms. The van der Waals surface area contributed by atoms with Crippen molar-refractivity contribution >= 4 is 34.5 Å². The number of methoxy groups -OCH3 is 1. The van der Waals surface area contributed by atoms with Gasteiger partial charge in [-0.2, -0.15) is 9.97 Å². The molecule has 1 amide bonds. The van der Waals surface area contributed by atoms with Crippen LogP contribution in [0.25, 0.3) is 22.0 Å². The molecule has 0 radical (unpaired) electrons. The summed E-state index contributed by atoms with van der Waals surface area (Å²) in [4.78, 5) is 28.8. The van der Waals surface area contributed by atoms with Crippen molar-refractivity contribution in [2.75, 3.05) is 38.2 Å². The highest BCUT2D eigenvalue weighted by Crippen LogP contribution is 2.41. The Bertz CT molecular complexity index is 1350. The molecule has 2 heterocycles. The molecule has 1 saturated heterocycles. The Morgan fingerprint density at radius 1 is 1.17 bits per heavy atom. The van der Waals surface area contributed by atoms with Gasteiger partial charge in [-0.05, 0) is 50.6 Å². The number of aryl methyl sites for hydroxylation is 1. The lowest BCUT2D eigenvalue weighted by Crippen LogP contribution is -2.48. The Morgan fingerprint density at radius 3 is 2.51 bits per heavy atom. The minimum Gasteiger partial charge on any atom is -0.467 e. The quantitative estimate of drug-likeness (QED) is 0.390. The van der Waals surface area contributed by atoms with Gasteiger partial charge in [0, 0.05) is 54.5 Å². The second-order valence-corrected chi connectivity index (χ2v) is 8.28. The third-order valence-corrected chi connectivity index (χ3v) is 6.23. The van der Waals surface area contributed by atoms with Crippen LogP contribution >= 0.6 is 0 Å². The van der Waals surface area contributed by atoms with Crippen LogP contribution in [0.4, 0.5) is 20.3 Å². The Kier molecular flexibility index (Phi) is 6.77. The number of carbonyl (C=O) groups excluding carboxylic acids is 1. The smallest absolute Gasteiger partial charge is 0.318 e. The average Bonchev–Trinajstić information content (AvgIpc) is 2.87. The maximum absolute atomic E-state index is 16.2. The van der Waals surface area contributed by atoms with Gasteiger partial charge in [-0.3, -0.25) is 9.79 Å². The molecular weight excluding hydrogens is 452 g/mol. The van der Waals surface area contributed by atoms with Crippen LogP contribution in [0.5, 0.6) is 6.01 Å². The van der Waals surface area contributed by atoms with E-state index in [0.29, 0.717) is 65.3 Å². The largest absolute Gasteiger partial charge is 0.467 e. The zero-order chi connectivity index (χ0) is 25.3. The van der Waals surface area contributed by atoms with Gasteiger partial charge in [-0.15, -0.1) is 0 Å². The van der Waals surface area contributed by atoms with Crippen LogP contribution in [0.1, 0.15) is 18.1 Å². The van der Waals surface area contributed by atoms with Crippen molar-refractivity contribution in [3.8, 4) is 17.1 Å². The lowest BCUT2D eigenvalue weighted by Gasteiger charge is -2.35. The number of hydrogen-bond donors (Lipinski definition) is 0. The molecule has 1 aromatic heterocycles. The van der Waals surface area contributed by atoms with Gasteiger partial charge in [-0.25, -0.2) is 8.78 Å². The predicted molar refractivity (Wildman–Crippen MR) is 134 cm³/mol. The molecule has 0 aliphatic carbocycles. The van der Waals surface area contributed by atoms with E-state index in [1.807, 2.05) is 11.0 Å². The summed E-state index contributed by atoms with van der Waals surface area (Å²) >= 11 is 0. The Labute approximate surface area is 202 Å². The minimum absolute atomic E-state index is 0.0351. The van der Waals surface area contributed by atoms with Crippen molar-refractivity contribution in [3.63, 3.8) is 0 Å². The summed E-state index contributed by atoms with van der Waals surface area (Å²) in [5.74, 6) is -0.552. The maximum Gasteiger partial charge on any atom is 0.318 e. The number of anilines is 1. The third-order valence-electron chi connectivity index (χ3n) is 6.23. The van der Waals surface area contributed by atoms with E-state index in [4.69, 9.17) is 4.74 Å². The van der Waals surface area contributed by atoms with Crippen LogP contribution in [0.15, 0.2) is 35.8 Å².